The van der Waals surface area contributed by atoms with Gasteiger partial charge in [-0.3, -0.25) is 0 Å². The van der Waals surface area contributed by atoms with Crippen LogP contribution in [0, 0.1) is 11.8 Å². The van der Waals surface area contributed by atoms with Gasteiger partial charge in [-0.05, 0) is 85.1 Å². The van der Waals surface area contributed by atoms with Crippen molar-refractivity contribution in [2.75, 3.05) is 7.11 Å². The van der Waals surface area contributed by atoms with Gasteiger partial charge >= 0.3 is 0 Å². The van der Waals surface area contributed by atoms with Gasteiger partial charge in [0.1, 0.15) is 17.7 Å². The van der Waals surface area contributed by atoms with E-state index in [4.69, 9.17) is 9.72 Å². The van der Waals surface area contributed by atoms with E-state index in [1.54, 1.807) is 7.11 Å². The lowest BCUT2D eigenvalue weighted by molar-refractivity contribution is 0.414. The minimum Gasteiger partial charge on any atom is -0.497 e. The first-order chi connectivity index (χ1) is 17.1. The van der Waals surface area contributed by atoms with Crippen LogP contribution < -0.4 is 10.1 Å². The monoisotopic (exact) mass is 464 g/mol. The Labute approximate surface area is 207 Å². The Morgan fingerprint density at radius 2 is 1.94 bits per heavy atom. The van der Waals surface area contributed by atoms with Gasteiger partial charge in [-0.2, -0.15) is 0 Å². The van der Waals surface area contributed by atoms with Crippen LogP contribution in [-0.2, 0) is 12.8 Å². The molecule has 35 heavy (non-hydrogen) atoms. The highest BCUT2D eigenvalue weighted by atomic mass is 16.5. The first kappa shape index (κ1) is 21.9. The zero-order valence-corrected chi connectivity index (χ0v) is 20.7. The molecule has 5 nitrogen and oxygen atoms in total. The Bertz CT molecular complexity index is 1300. The lowest BCUT2D eigenvalue weighted by atomic mass is 9.96. The minimum absolute atomic E-state index is 0.128. The zero-order valence-electron chi connectivity index (χ0n) is 20.7. The molecule has 1 saturated carbocycles. The van der Waals surface area contributed by atoms with Crippen molar-refractivity contribution in [2.24, 2.45) is 11.8 Å². The van der Waals surface area contributed by atoms with Crippen LogP contribution in [0.25, 0.3) is 5.70 Å². The molecular formula is C30H32N4O. The topological polar surface area (TPSA) is 50.3 Å². The number of fused-ring (bicyclic) bond motifs is 2. The van der Waals surface area contributed by atoms with E-state index >= 15 is 0 Å². The quantitative estimate of drug-likeness (QED) is 0.582. The second-order valence-electron chi connectivity index (χ2n) is 9.82. The second-order valence-corrected chi connectivity index (χ2v) is 9.82. The summed E-state index contributed by atoms with van der Waals surface area (Å²) in [4.78, 5) is 12.0. The van der Waals surface area contributed by atoms with Crippen LogP contribution in [0.1, 0.15) is 43.8 Å². The van der Waals surface area contributed by atoms with Crippen LogP contribution in [0.2, 0.25) is 0 Å². The van der Waals surface area contributed by atoms with Crippen molar-refractivity contribution in [2.45, 2.75) is 45.7 Å². The number of allylic oxidation sites excluding steroid dienone is 6. The molecule has 178 valence electrons. The van der Waals surface area contributed by atoms with Crippen molar-refractivity contribution in [3.8, 4) is 5.75 Å². The number of aromatic nitrogens is 2. The summed E-state index contributed by atoms with van der Waals surface area (Å²) in [7, 11) is 1.69. The number of rotatable bonds is 7. The molecule has 1 N–H and O–H groups in total. The van der Waals surface area contributed by atoms with Crippen LogP contribution >= 0.6 is 0 Å². The maximum absolute atomic E-state index is 5.28. The summed E-state index contributed by atoms with van der Waals surface area (Å²) >= 11 is 0. The molecule has 1 aromatic heterocycles. The average Bonchev–Trinajstić information content (AvgIpc) is 3.62. The molecule has 0 bridgehead atoms. The number of ether oxygens (including phenoxy) is 1. The third-order valence-electron chi connectivity index (χ3n) is 7.65. The third kappa shape index (κ3) is 4.09. The van der Waals surface area contributed by atoms with Crippen molar-refractivity contribution in [1.29, 1.82) is 0 Å². The summed E-state index contributed by atoms with van der Waals surface area (Å²) in [6.07, 6.45) is 17.4. The maximum atomic E-state index is 5.28. The molecule has 0 spiro atoms. The van der Waals surface area contributed by atoms with Gasteiger partial charge in [0, 0.05) is 18.8 Å². The maximum Gasteiger partial charge on any atom is 0.129 e. The number of nitrogens with zero attached hydrogens (tertiary/aromatic N) is 3. The molecule has 0 amide bonds. The van der Waals surface area contributed by atoms with Gasteiger partial charge in [0.2, 0.25) is 0 Å². The van der Waals surface area contributed by atoms with Gasteiger partial charge in [0.05, 0.1) is 24.2 Å². The van der Waals surface area contributed by atoms with Gasteiger partial charge in [-0.15, -0.1) is 0 Å². The van der Waals surface area contributed by atoms with Crippen molar-refractivity contribution >= 4 is 5.70 Å². The van der Waals surface area contributed by atoms with Crippen molar-refractivity contribution in [3.05, 3.63) is 107 Å². The highest BCUT2D eigenvalue weighted by Crippen LogP contribution is 2.54. The fourth-order valence-corrected chi connectivity index (χ4v) is 5.47. The van der Waals surface area contributed by atoms with Crippen molar-refractivity contribution in [1.82, 2.24) is 20.2 Å². The number of benzene rings is 1. The normalized spacial score (nSPS) is 24.3. The van der Waals surface area contributed by atoms with Crippen LogP contribution in [0.3, 0.4) is 0 Å². The molecule has 4 aliphatic rings. The van der Waals surface area contributed by atoms with E-state index in [-0.39, 0.29) is 6.17 Å². The van der Waals surface area contributed by atoms with E-state index in [0.29, 0.717) is 11.8 Å². The van der Waals surface area contributed by atoms with Gasteiger partial charge in [-0.1, -0.05) is 36.8 Å². The molecule has 3 atom stereocenters. The molecule has 2 aliphatic heterocycles. The molecule has 3 unspecified atom stereocenters. The van der Waals surface area contributed by atoms with E-state index in [2.05, 4.69) is 77.8 Å². The Hall–Kier alpha value is -3.60. The highest BCUT2D eigenvalue weighted by Gasteiger charge is 2.46. The average molecular weight is 465 g/mol. The predicted octanol–water partition coefficient (Wildman–Crippen LogP) is 5.56. The largest absolute Gasteiger partial charge is 0.497 e. The Morgan fingerprint density at radius 1 is 1.09 bits per heavy atom. The summed E-state index contributed by atoms with van der Waals surface area (Å²) in [6.45, 7) is 4.47. The first-order valence-corrected chi connectivity index (χ1v) is 12.7. The van der Waals surface area contributed by atoms with Gasteiger partial charge in [0.25, 0.3) is 0 Å². The summed E-state index contributed by atoms with van der Waals surface area (Å²) in [5.74, 6) is 3.07. The van der Waals surface area contributed by atoms with Gasteiger partial charge < -0.3 is 15.0 Å². The molecule has 2 aliphatic carbocycles. The number of hydrogen-bond donors (Lipinski definition) is 1. The van der Waals surface area contributed by atoms with Crippen LogP contribution in [-0.4, -0.2) is 28.1 Å². The lowest BCUT2D eigenvalue weighted by Crippen LogP contribution is -2.34. The zero-order chi connectivity index (χ0) is 23.9. The summed E-state index contributed by atoms with van der Waals surface area (Å²) in [5.41, 5.74) is 8.92. The first-order valence-electron chi connectivity index (χ1n) is 12.7. The van der Waals surface area contributed by atoms with E-state index in [1.807, 2.05) is 18.3 Å². The molecule has 1 fully saturated rings. The third-order valence-corrected chi connectivity index (χ3v) is 7.65. The van der Waals surface area contributed by atoms with E-state index in [1.165, 1.54) is 34.4 Å². The summed E-state index contributed by atoms with van der Waals surface area (Å²) in [5, 5.41) is 3.84. The smallest absolute Gasteiger partial charge is 0.129 e. The molecule has 5 heteroatoms. The number of aryl methyl sites for hydroxylation is 2. The molecule has 0 radical (unpaired) electrons. The predicted molar refractivity (Wildman–Crippen MR) is 139 cm³/mol. The molecule has 6 rings (SSSR count). The van der Waals surface area contributed by atoms with Crippen LogP contribution in [0.15, 0.2) is 89.4 Å². The Balaban J connectivity index is 1.32. The number of hydrogen-bond acceptors (Lipinski definition) is 5. The highest BCUT2D eigenvalue weighted by molar-refractivity contribution is 5.74. The summed E-state index contributed by atoms with van der Waals surface area (Å²) < 4.78 is 5.28. The molecule has 2 aromatic rings. The Morgan fingerprint density at radius 3 is 2.74 bits per heavy atom. The summed E-state index contributed by atoms with van der Waals surface area (Å²) in [6, 6.07) is 10.3. The van der Waals surface area contributed by atoms with E-state index in [0.717, 1.165) is 42.2 Å². The number of methoxy groups -OCH3 is 1. The van der Waals surface area contributed by atoms with Crippen molar-refractivity contribution in [3.63, 3.8) is 0 Å². The van der Waals surface area contributed by atoms with E-state index < -0.39 is 0 Å². The fourth-order valence-electron chi connectivity index (χ4n) is 5.47. The van der Waals surface area contributed by atoms with Gasteiger partial charge in [0.15, 0.2) is 0 Å². The van der Waals surface area contributed by atoms with Crippen molar-refractivity contribution < 1.29 is 4.74 Å². The fraction of sp³-hybridized carbons (Fsp3) is 0.333. The second kappa shape index (κ2) is 8.88. The Kier molecular flexibility index (Phi) is 5.56. The van der Waals surface area contributed by atoms with Gasteiger partial charge in [-0.25, -0.2) is 9.97 Å². The standard InChI is InChI=1S/C30H32N4O/c1-4-20-14-16-34-28(17-20)33-29(23-11-5-19(2)24-18-25(23)24)30(34)26-13-15-31-27(32-26)12-8-21-6-9-22(35-3)10-7-21/h5-7,9-11,13-17,24-25,28,33H,4,8,12,18H2,1-3H3. The van der Waals surface area contributed by atoms with Crippen LogP contribution in [0.5, 0.6) is 5.75 Å². The van der Waals surface area contributed by atoms with E-state index in [9.17, 15) is 0 Å². The molecule has 0 saturated heterocycles. The molecular weight excluding hydrogens is 432 g/mol. The minimum atomic E-state index is 0.128. The van der Waals surface area contributed by atoms with Crippen LogP contribution in [0.4, 0.5) is 0 Å². The lowest BCUT2D eigenvalue weighted by Gasteiger charge is -2.26. The molecule has 3 heterocycles. The molecule has 1 aromatic carbocycles. The number of nitrogens with one attached hydrogen (secondary N) is 1. The SMILES string of the molecule is CCC1=CC2NC(C3=CC=C(C)C4CC34)=C(c3ccnc(CCc4ccc(OC)cc4)n3)N2C=C1.